The molecule has 0 aliphatic carbocycles. The summed E-state index contributed by atoms with van der Waals surface area (Å²) in [6.07, 6.45) is 1.00. The molecule has 102 valence electrons. The van der Waals surface area contributed by atoms with Gasteiger partial charge >= 0.3 is 0 Å². The first-order chi connectivity index (χ1) is 8.51. The Hall–Kier alpha value is -0.730. The van der Waals surface area contributed by atoms with Gasteiger partial charge in [-0.3, -0.25) is 0 Å². The fourth-order valence-corrected chi connectivity index (χ4v) is 2.17. The van der Waals surface area contributed by atoms with Gasteiger partial charge in [-0.2, -0.15) is 0 Å². The van der Waals surface area contributed by atoms with E-state index < -0.39 is 0 Å². The third kappa shape index (κ3) is 4.18. The largest absolute Gasteiger partial charge is 0.496 e. The molecule has 1 aromatic carbocycles. The van der Waals surface area contributed by atoms with Crippen LogP contribution in [0.3, 0.4) is 0 Å². The summed E-state index contributed by atoms with van der Waals surface area (Å²) in [5.41, 5.74) is 2.56. The zero-order valence-corrected chi connectivity index (χ0v) is 12.6. The van der Waals surface area contributed by atoms with Crippen LogP contribution in [-0.2, 0) is 5.41 Å². The molecule has 0 aliphatic rings. The fourth-order valence-electron chi connectivity index (χ4n) is 2.04. The SMILES string of the molecule is COc1ccc(C)cc1C(C)(C)CNCCCCl. The van der Waals surface area contributed by atoms with Gasteiger partial charge in [-0.05, 0) is 26.0 Å². The zero-order chi connectivity index (χ0) is 13.6. The van der Waals surface area contributed by atoms with E-state index in [1.807, 2.05) is 6.07 Å². The molecule has 0 aliphatic heterocycles. The predicted octanol–water partition coefficient (Wildman–Crippen LogP) is 3.50. The van der Waals surface area contributed by atoms with E-state index in [9.17, 15) is 0 Å². The lowest BCUT2D eigenvalue weighted by atomic mass is 9.83. The van der Waals surface area contributed by atoms with Gasteiger partial charge in [0.05, 0.1) is 7.11 Å². The van der Waals surface area contributed by atoms with E-state index in [1.165, 1.54) is 11.1 Å². The van der Waals surface area contributed by atoms with Crippen LogP contribution < -0.4 is 10.1 Å². The van der Waals surface area contributed by atoms with Crippen molar-refractivity contribution in [3.63, 3.8) is 0 Å². The van der Waals surface area contributed by atoms with Gasteiger partial charge in [0.15, 0.2) is 0 Å². The predicted molar refractivity (Wildman–Crippen MR) is 79.0 cm³/mol. The van der Waals surface area contributed by atoms with Crippen molar-refractivity contribution in [2.24, 2.45) is 0 Å². The summed E-state index contributed by atoms with van der Waals surface area (Å²) in [6, 6.07) is 6.34. The normalized spacial score (nSPS) is 11.6. The maximum Gasteiger partial charge on any atom is 0.122 e. The summed E-state index contributed by atoms with van der Waals surface area (Å²) in [5.74, 6) is 1.67. The monoisotopic (exact) mass is 269 g/mol. The fraction of sp³-hybridized carbons (Fsp3) is 0.600. The van der Waals surface area contributed by atoms with Crippen molar-refractivity contribution in [1.29, 1.82) is 0 Å². The number of nitrogens with one attached hydrogen (secondary N) is 1. The number of benzene rings is 1. The average Bonchev–Trinajstić information content (AvgIpc) is 2.35. The molecule has 1 N–H and O–H groups in total. The first-order valence-corrected chi connectivity index (χ1v) is 6.96. The Morgan fingerprint density at radius 1 is 1.33 bits per heavy atom. The van der Waals surface area contributed by atoms with Crippen LogP contribution in [0, 0.1) is 6.92 Å². The highest BCUT2D eigenvalue weighted by Gasteiger charge is 2.24. The lowest BCUT2D eigenvalue weighted by molar-refractivity contribution is 0.385. The van der Waals surface area contributed by atoms with Gasteiger partial charge in [-0.25, -0.2) is 0 Å². The summed E-state index contributed by atoms with van der Waals surface area (Å²) in [6.45, 7) is 8.46. The summed E-state index contributed by atoms with van der Waals surface area (Å²) in [4.78, 5) is 0. The first kappa shape index (κ1) is 15.3. The van der Waals surface area contributed by atoms with Gasteiger partial charge in [-0.15, -0.1) is 11.6 Å². The van der Waals surface area contributed by atoms with Gasteiger partial charge in [0.25, 0.3) is 0 Å². The molecule has 0 aromatic heterocycles. The van der Waals surface area contributed by atoms with Gasteiger partial charge < -0.3 is 10.1 Å². The highest BCUT2D eigenvalue weighted by Crippen LogP contribution is 2.31. The van der Waals surface area contributed by atoms with E-state index in [0.29, 0.717) is 5.88 Å². The summed E-state index contributed by atoms with van der Waals surface area (Å²) in [7, 11) is 1.73. The van der Waals surface area contributed by atoms with Crippen molar-refractivity contribution in [3.8, 4) is 5.75 Å². The van der Waals surface area contributed by atoms with Crippen LogP contribution in [0.25, 0.3) is 0 Å². The van der Waals surface area contributed by atoms with Crippen molar-refractivity contribution in [1.82, 2.24) is 5.32 Å². The Morgan fingerprint density at radius 3 is 2.67 bits per heavy atom. The number of ether oxygens (including phenoxy) is 1. The topological polar surface area (TPSA) is 21.3 Å². The quantitative estimate of drug-likeness (QED) is 0.604. The lowest BCUT2D eigenvalue weighted by Crippen LogP contribution is -2.34. The first-order valence-electron chi connectivity index (χ1n) is 6.43. The molecule has 1 aromatic rings. The summed E-state index contributed by atoms with van der Waals surface area (Å²) in [5, 5.41) is 3.46. The Morgan fingerprint density at radius 2 is 2.06 bits per heavy atom. The molecule has 0 spiro atoms. The van der Waals surface area contributed by atoms with Crippen molar-refractivity contribution >= 4 is 11.6 Å². The average molecular weight is 270 g/mol. The highest BCUT2D eigenvalue weighted by atomic mass is 35.5. The smallest absolute Gasteiger partial charge is 0.122 e. The van der Waals surface area contributed by atoms with Crippen LogP contribution in [0.4, 0.5) is 0 Å². The minimum absolute atomic E-state index is 0.0453. The maximum atomic E-state index is 5.68. The number of halogens is 1. The molecule has 0 atom stereocenters. The number of alkyl halides is 1. The molecule has 3 heteroatoms. The number of aryl methyl sites for hydroxylation is 1. The Kier molecular flexibility index (Phi) is 5.97. The molecule has 1 rings (SSSR count). The third-order valence-electron chi connectivity index (χ3n) is 3.14. The number of hydrogen-bond acceptors (Lipinski definition) is 2. The van der Waals surface area contributed by atoms with Gasteiger partial charge in [0, 0.05) is 23.4 Å². The van der Waals surface area contributed by atoms with Crippen molar-refractivity contribution < 1.29 is 4.74 Å². The standard InChI is InChI=1S/C15H24ClNO/c1-12-6-7-14(18-4)13(10-12)15(2,3)11-17-9-5-8-16/h6-7,10,17H,5,8-9,11H2,1-4H3. The highest BCUT2D eigenvalue weighted by molar-refractivity contribution is 6.17. The van der Waals surface area contributed by atoms with Crippen LogP contribution in [-0.4, -0.2) is 26.1 Å². The molecule has 2 nitrogen and oxygen atoms in total. The molecule has 0 heterocycles. The molecular formula is C15H24ClNO. The molecular weight excluding hydrogens is 246 g/mol. The third-order valence-corrected chi connectivity index (χ3v) is 3.41. The molecule has 18 heavy (non-hydrogen) atoms. The molecule has 0 fully saturated rings. The maximum absolute atomic E-state index is 5.68. The summed E-state index contributed by atoms with van der Waals surface area (Å²) >= 11 is 5.68. The van der Waals surface area contributed by atoms with E-state index in [2.05, 4.69) is 38.2 Å². The number of rotatable bonds is 7. The van der Waals surface area contributed by atoms with Crippen LogP contribution in [0.5, 0.6) is 5.75 Å². The van der Waals surface area contributed by atoms with E-state index in [1.54, 1.807) is 7.11 Å². The zero-order valence-electron chi connectivity index (χ0n) is 11.8. The molecule has 0 amide bonds. The van der Waals surface area contributed by atoms with Crippen molar-refractivity contribution in [2.75, 3.05) is 26.1 Å². The molecule has 0 saturated carbocycles. The molecule has 0 bridgehead atoms. The lowest BCUT2D eigenvalue weighted by Gasteiger charge is -2.28. The van der Waals surface area contributed by atoms with E-state index >= 15 is 0 Å². The van der Waals surface area contributed by atoms with Crippen LogP contribution in [0.1, 0.15) is 31.4 Å². The Labute approximate surface area is 116 Å². The van der Waals surface area contributed by atoms with Crippen LogP contribution >= 0.6 is 11.6 Å². The Bertz CT molecular complexity index is 377. The van der Waals surface area contributed by atoms with Crippen LogP contribution in [0.2, 0.25) is 0 Å². The van der Waals surface area contributed by atoms with Crippen molar-refractivity contribution in [2.45, 2.75) is 32.6 Å². The second-order valence-corrected chi connectivity index (χ2v) is 5.68. The second-order valence-electron chi connectivity index (χ2n) is 5.31. The number of hydrogen-bond donors (Lipinski definition) is 1. The second kappa shape index (κ2) is 7.01. The van der Waals surface area contributed by atoms with E-state index in [4.69, 9.17) is 16.3 Å². The van der Waals surface area contributed by atoms with E-state index in [-0.39, 0.29) is 5.41 Å². The van der Waals surface area contributed by atoms with Gasteiger partial charge in [0.1, 0.15) is 5.75 Å². The van der Waals surface area contributed by atoms with Gasteiger partial charge in [0.2, 0.25) is 0 Å². The molecule has 0 radical (unpaired) electrons. The number of methoxy groups -OCH3 is 1. The van der Waals surface area contributed by atoms with Crippen LogP contribution in [0.15, 0.2) is 18.2 Å². The molecule has 0 saturated heterocycles. The summed E-state index contributed by atoms with van der Waals surface area (Å²) < 4.78 is 5.47. The Balaban J connectivity index is 2.79. The van der Waals surface area contributed by atoms with Crippen molar-refractivity contribution in [3.05, 3.63) is 29.3 Å². The van der Waals surface area contributed by atoms with E-state index in [0.717, 1.165) is 25.3 Å². The minimum atomic E-state index is 0.0453. The van der Waals surface area contributed by atoms with Gasteiger partial charge in [-0.1, -0.05) is 31.5 Å². The minimum Gasteiger partial charge on any atom is -0.496 e. The molecule has 0 unspecified atom stereocenters.